The van der Waals surface area contributed by atoms with Crippen LogP contribution in [-0.2, 0) is 6.54 Å². The van der Waals surface area contributed by atoms with E-state index in [9.17, 15) is 4.79 Å². The summed E-state index contributed by atoms with van der Waals surface area (Å²) in [5.41, 5.74) is 1.05. The third-order valence-electron chi connectivity index (χ3n) is 4.42. The van der Waals surface area contributed by atoms with Crippen molar-refractivity contribution in [2.45, 2.75) is 39.3 Å². The van der Waals surface area contributed by atoms with Gasteiger partial charge in [0.2, 0.25) is 0 Å². The number of hydrogen-bond donors (Lipinski definition) is 2. The predicted octanol–water partition coefficient (Wildman–Crippen LogP) is 2.21. The average Bonchev–Trinajstić information content (AvgIpc) is 2.75. The Kier molecular flexibility index (Phi) is 5.60. The van der Waals surface area contributed by atoms with Crippen molar-refractivity contribution in [3.8, 4) is 0 Å². The summed E-state index contributed by atoms with van der Waals surface area (Å²) in [6.07, 6.45) is 2.31. The molecule has 1 aliphatic rings. The summed E-state index contributed by atoms with van der Waals surface area (Å²) >= 11 is 1.61. The normalized spacial score (nSPS) is 16.2. The molecule has 2 aromatic rings. The molecule has 2 N–H and O–H groups in total. The summed E-state index contributed by atoms with van der Waals surface area (Å²) in [7, 11) is 2.12. The van der Waals surface area contributed by atoms with E-state index in [2.05, 4.69) is 27.2 Å². The molecule has 0 aliphatic carbocycles. The molecule has 1 saturated heterocycles. The van der Waals surface area contributed by atoms with Gasteiger partial charge in [0.25, 0.3) is 5.56 Å². The van der Waals surface area contributed by atoms with E-state index in [1.54, 1.807) is 11.3 Å². The van der Waals surface area contributed by atoms with Crippen LogP contribution < -0.4 is 10.9 Å². The van der Waals surface area contributed by atoms with Gasteiger partial charge in [0.15, 0.2) is 0 Å². The molecular formula is C15H23ClN4OS. The van der Waals surface area contributed by atoms with Crippen molar-refractivity contribution in [1.82, 2.24) is 20.2 Å². The highest BCUT2D eigenvalue weighted by atomic mass is 35.5. The van der Waals surface area contributed by atoms with E-state index in [-0.39, 0.29) is 18.0 Å². The Balaban J connectivity index is 0.00000176. The number of piperidine rings is 1. The highest BCUT2D eigenvalue weighted by Crippen LogP contribution is 2.25. The van der Waals surface area contributed by atoms with Gasteiger partial charge in [-0.25, -0.2) is 4.98 Å². The van der Waals surface area contributed by atoms with Crippen LogP contribution >= 0.6 is 23.7 Å². The number of aryl methyl sites for hydroxylation is 2. The zero-order chi connectivity index (χ0) is 15.0. The van der Waals surface area contributed by atoms with Gasteiger partial charge in [0.1, 0.15) is 10.7 Å². The van der Waals surface area contributed by atoms with E-state index < -0.39 is 0 Å². The second-order valence-electron chi connectivity index (χ2n) is 5.87. The van der Waals surface area contributed by atoms with Crippen LogP contribution in [0.2, 0.25) is 0 Å². The van der Waals surface area contributed by atoms with Gasteiger partial charge in [-0.05, 0) is 52.4 Å². The molecule has 0 spiro atoms. The molecule has 22 heavy (non-hydrogen) atoms. The summed E-state index contributed by atoms with van der Waals surface area (Å²) < 4.78 is 0. The van der Waals surface area contributed by atoms with Gasteiger partial charge < -0.3 is 10.3 Å². The maximum Gasteiger partial charge on any atom is 0.259 e. The minimum Gasteiger partial charge on any atom is -0.317 e. The van der Waals surface area contributed by atoms with Crippen LogP contribution in [0.25, 0.3) is 10.2 Å². The fourth-order valence-electron chi connectivity index (χ4n) is 2.99. The Hall–Kier alpha value is -0.950. The van der Waals surface area contributed by atoms with E-state index in [1.165, 1.54) is 4.88 Å². The topological polar surface area (TPSA) is 61.0 Å². The van der Waals surface area contributed by atoms with Gasteiger partial charge in [-0.1, -0.05) is 0 Å². The third-order valence-corrected chi connectivity index (χ3v) is 5.52. The van der Waals surface area contributed by atoms with Crippen molar-refractivity contribution < 1.29 is 0 Å². The lowest BCUT2D eigenvalue weighted by Crippen LogP contribution is -2.41. The molecule has 0 radical (unpaired) electrons. The van der Waals surface area contributed by atoms with Crippen molar-refractivity contribution in [3.05, 3.63) is 26.6 Å². The zero-order valence-corrected chi connectivity index (χ0v) is 14.9. The molecule has 0 atom stereocenters. The molecule has 1 aliphatic heterocycles. The maximum atomic E-state index is 12.3. The SMILES string of the molecule is Cc1sc2nc(CN(C)C3CCNCC3)[nH]c(=O)c2c1C.Cl. The number of halogens is 1. The van der Waals surface area contributed by atoms with Crippen LogP contribution in [0.15, 0.2) is 4.79 Å². The minimum atomic E-state index is -0.00411. The van der Waals surface area contributed by atoms with Crippen molar-refractivity contribution in [1.29, 1.82) is 0 Å². The van der Waals surface area contributed by atoms with Gasteiger partial charge in [-0.15, -0.1) is 23.7 Å². The molecule has 2 aromatic heterocycles. The molecule has 3 heterocycles. The number of hydrogen-bond acceptors (Lipinski definition) is 5. The van der Waals surface area contributed by atoms with E-state index in [4.69, 9.17) is 0 Å². The van der Waals surface area contributed by atoms with Gasteiger partial charge in [0, 0.05) is 10.9 Å². The second kappa shape index (κ2) is 7.08. The molecule has 7 heteroatoms. The Morgan fingerprint density at radius 3 is 2.68 bits per heavy atom. The second-order valence-corrected chi connectivity index (χ2v) is 7.08. The van der Waals surface area contributed by atoms with Crippen LogP contribution in [0.3, 0.4) is 0 Å². The standard InChI is InChI=1S/C15H22N4OS.ClH/c1-9-10(2)21-15-13(9)14(20)17-12(18-15)8-19(3)11-4-6-16-7-5-11;/h11,16H,4-8H2,1-3H3,(H,17,18,20);1H. The van der Waals surface area contributed by atoms with Crippen molar-refractivity contribution in [2.24, 2.45) is 0 Å². The molecule has 122 valence electrons. The van der Waals surface area contributed by atoms with Gasteiger partial charge >= 0.3 is 0 Å². The average molecular weight is 343 g/mol. The Bertz CT molecular complexity index is 705. The minimum absolute atomic E-state index is 0. The summed E-state index contributed by atoms with van der Waals surface area (Å²) in [5.74, 6) is 0.773. The third kappa shape index (κ3) is 3.35. The molecule has 0 aromatic carbocycles. The molecule has 3 rings (SSSR count). The number of thiophene rings is 1. The molecule has 0 saturated carbocycles. The van der Waals surface area contributed by atoms with Gasteiger partial charge in [-0.2, -0.15) is 0 Å². The van der Waals surface area contributed by atoms with E-state index >= 15 is 0 Å². The molecule has 0 unspecified atom stereocenters. The molecule has 5 nitrogen and oxygen atoms in total. The molecule has 1 fully saturated rings. The maximum absolute atomic E-state index is 12.3. The number of nitrogens with zero attached hydrogens (tertiary/aromatic N) is 2. The first-order valence-electron chi connectivity index (χ1n) is 7.46. The number of H-pyrrole nitrogens is 1. The Morgan fingerprint density at radius 1 is 1.32 bits per heavy atom. The zero-order valence-electron chi connectivity index (χ0n) is 13.2. The van der Waals surface area contributed by atoms with E-state index in [0.29, 0.717) is 12.6 Å². The lowest BCUT2D eigenvalue weighted by molar-refractivity contribution is 0.188. The van der Waals surface area contributed by atoms with Crippen molar-refractivity contribution >= 4 is 34.0 Å². The van der Waals surface area contributed by atoms with E-state index in [0.717, 1.165) is 47.5 Å². The fourth-order valence-corrected chi connectivity index (χ4v) is 4.04. The number of aromatic nitrogens is 2. The first kappa shape index (κ1) is 17.4. The quantitative estimate of drug-likeness (QED) is 0.897. The largest absolute Gasteiger partial charge is 0.317 e. The Morgan fingerprint density at radius 2 is 2.00 bits per heavy atom. The number of rotatable bonds is 3. The first-order chi connectivity index (χ1) is 10.1. The summed E-state index contributed by atoms with van der Waals surface area (Å²) in [5, 5.41) is 4.13. The highest BCUT2D eigenvalue weighted by molar-refractivity contribution is 7.18. The van der Waals surface area contributed by atoms with Gasteiger partial charge in [0.05, 0.1) is 11.9 Å². The predicted molar refractivity (Wildman–Crippen MR) is 94.3 cm³/mol. The fraction of sp³-hybridized carbons (Fsp3) is 0.600. The van der Waals surface area contributed by atoms with Crippen LogP contribution in [0.1, 0.15) is 29.1 Å². The lowest BCUT2D eigenvalue weighted by atomic mass is 10.1. The lowest BCUT2D eigenvalue weighted by Gasteiger charge is -2.31. The van der Waals surface area contributed by atoms with Crippen LogP contribution in [0.5, 0.6) is 0 Å². The molecule has 0 bridgehead atoms. The monoisotopic (exact) mass is 342 g/mol. The number of aromatic amines is 1. The van der Waals surface area contributed by atoms with Crippen LogP contribution in [-0.4, -0.2) is 41.0 Å². The summed E-state index contributed by atoms with van der Waals surface area (Å²) in [6, 6.07) is 0.569. The number of nitrogens with one attached hydrogen (secondary N) is 2. The van der Waals surface area contributed by atoms with E-state index in [1.807, 2.05) is 13.8 Å². The molecular weight excluding hydrogens is 320 g/mol. The highest BCUT2D eigenvalue weighted by Gasteiger charge is 2.19. The summed E-state index contributed by atoms with van der Waals surface area (Å²) in [4.78, 5) is 24.2. The van der Waals surface area contributed by atoms with Crippen molar-refractivity contribution in [3.63, 3.8) is 0 Å². The Labute approximate surface area is 140 Å². The number of fused-ring (bicyclic) bond motifs is 1. The first-order valence-corrected chi connectivity index (χ1v) is 8.27. The summed E-state index contributed by atoms with van der Waals surface area (Å²) in [6.45, 7) is 6.88. The van der Waals surface area contributed by atoms with Crippen LogP contribution in [0.4, 0.5) is 0 Å². The van der Waals surface area contributed by atoms with Crippen molar-refractivity contribution in [2.75, 3.05) is 20.1 Å². The molecule has 0 amide bonds. The van der Waals surface area contributed by atoms with Crippen LogP contribution in [0, 0.1) is 13.8 Å². The van der Waals surface area contributed by atoms with Gasteiger partial charge in [-0.3, -0.25) is 9.69 Å². The smallest absolute Gasteiger partial charge is 0.259 e.